The fourth-order valence-corrected chi connectivity index (χ4v) is 2.05. The summed E-state index contributed by atoms with van der Waals surface area (Å²) < 4.78 is 0. The zero-order chi connectivity index (χ0) is 13.4. The first-order valence-electron chi connectivity index (χ1n) is 5.44. The quantitative estimate of drug-likeness (QED) is 0.546. The van der Waals surface area contributed by atoms with Crippen molar-refractivity contribution >= 4 is 28.3 Å². The number of terminal acetylenes is 1. The maximum absolute atomic E-state index is 11.5. The van der Waals surface area contributed by atoms with E-state index in [1.54, 1.807) is 5.38 Å². The number of thiophene rings is 1. The molecular weight excluding hydrogens is 252 g/mol. The summed E-state index contributed by atoms with van der Waals surface area (Å²) in [7, 11) is 0. The third-order valence-corrected chi connectivity index (χ3v) is 2.99. The molecule has 0 aromatic carbocycles. The first kappa shape index (κ1) is 14.1. The number of carboxylic acid groups (broad SMARTS) is 1. The van der Waals surface area contributed by atoms with Crippen LogP contribution in [-0.2, 0) is 0 Å². The molecule has 5 nitrogen and oxygen atoms in total. The standard InChI is InChI=1S/C12H14N2O3S/c1-2-3-4-5-7-13-12(17)14-10-9(11(15)16)6-8-18-10/h1,6,8H,3-5,7H2,(H,15,16)(H2,13,14,17). The van der Waals surface area contributed by atoms with Crippen LogP contribution >= 0.6 is 11.3 Å². The van der Waals surface area contributed by atoms with Crippen LogP contribution in [0.15, 0.2) is 11.4 Å². The predicted octanol–water partition coefficient (Wildman–Crippen LogP) is 2.37. The number of rotatable bonds is 6. The van der Waals surface area contributed by atoms with Crippen LogP contribution in [0.4, 0.5) is 9.80 Å². The number of carbonyl (C=O) groups is 2. The first-order chi connectivity index (χ1) is 8.65. The maximum Gasteiger partial charge on any atom is 0.338 e. The van der Waals surface area contributed by atoms with Gasteiger partial charge in [0.25, 0.3) is 0 Å². The van der Waals surface area contributed by atoms with Gasteiger partial charge in [-0.2, -0.15) is 0 Å². The molecule has 0 aliphatic carbocycles. The van der Waals surface area contributed by atoms with E-state index >= 15 is 0 Å². The third kappa shape index (κ3) is 4.47. The summed E-state index contributed by atoms with van der Waals surface area (Å²) in [6.45, 7) is 0.515. The largest absolute Gasteiger partial charge is 0.478 e. The van der Waals surface area contributed by atoms with E-state index in [0.717, 1.165) is 12.8 Å². The molecule has 0 saturated heterocycles. The lowest BCUT2D eigenvalue weighted by molar-refractivity contribution is 0.0698. The Kier molecular flexibility index (Phi) is 5.74. The Labute approximate surface area is 109 Å². The molecule has 0 spiro atoms. The molecule has 0 radical (unpaired) electrons. The third-order valence-electron chi connectivity index (χ3n) is 2.16. The number of carbonyl (C=O) groups excluding carboxylic acids is 1. The monoisotopic (exact) mass is 266 g/mol. The Morgan fingerprint density at radius 3 is 2.89 bits per heavy atom. The average Bonchev–Trinajstić information content (AvgIpc) is 2.77. The van der Waals surface area contributed by atoms with Crippen LogP contribution in [0, 0.1) is 12.3 Å². The molecule has 0 aliphatic rings. The zero-order valence-electron chi connectivity index (χ0n) is 9.73. The van der Waals surface area contributed by atoms with Gasteiger partial charge in [-0.3, -0.25) is 5.32 Å². The summed E-state index contributed by atoms with van der Waals surface area (Å²) in [6, 6.07) is 1.05. The number of aromatic carboxylic acids is 1. The molecule has 96 valence electrons. The van der Waals surface area contributed by atoms with Gasteiger partial charge in [0.2, 0.25) is 0 Å². The van der Waals surface area contributed by atoms with E-state index in [-0.39, 0.29) is 5.56 Å². The summed E-state index contributed by atoms with van der Waals surface area (Å²) in [5.74, 6) is 1.47. The maximum atomic E-state index is 11.5. The average molecular weight is 266 g/mol. The van der Waals surface area contributed by atoms with Gasteiger partial charge in [0, 0.05) is 13.0 Å². The Bertz CT molecular complexity index is 462. The van der Waals surface area contributed by atoms with Gasteiger partial charge in [-0.25, -0.2) is 9.59 Å². The van der Waals surface area contributed by atoms with E-state index in [4.69, 9.17) is 11.5 Å². The molecule has 0 aliphatic heterocycles. The predicted molar refractivity (Wildman–Crippen MR) is 71.0 cm³/mol. The fourth-order valence-electron chi connectivity index (χ4n) is 1.28. The van der Waals surface area contributed by atoms with Crippen molar-refractivity contribution in [1.82, 2.24) is 5.32 Å². The minimum atomic E-state index is -1.06. The number of urea groups is 1. The number of carboxylic acids is 1. The molecule has 1 aromatic rings. The van der Waals surface area contributed by atoms with Crippen LogP contribution < -0.4 is 10.6 Å². The minimum absolute atomic E-state index is 0.0995. The minimum Gasteiger partial charge on any atom is -0.478 e. The molecular formula is C12H14N2O3S. The number of amides is 2. The molecule has 1 aromatic heterocycles. The van der Waals surface area contributed by atoms with Crippen molar-refractivity contribution < 1.29 is 14.7 Å². The van der Waals surface area contributed by atoms with E-state index < -0.39 is 12.0 Å². The number of anilines is 1. The SMILES string of the molecule is C#CCCCCNC(=O)Nc1sccc1C(=O)O. The lowest BCUT2D eigenvalue weighted by atomic mass is 10.2. The Balaban J connectivity index is 2.34. The second kappa shape index (κ2) is 7.35. The fraction of sp³-hybridized carbons (Fsp3) is 0.333. The highest BCUT2D eigenvalue weighted by Gasteiger charge is 2.13. The molecule has 3 N–H and O–H groups in total. The number of hydrogen-bond acceptors (Lipinski definition) is 3. The first-order valence-corrected chi connectivity index (χ1v) is 6.32. The summed E-state index contributed by atoms with van der Waals surface area (Å²) >= 11 is 1.17. The second-order valence-electron chi connectivity index (χ2n) is 3.51. The van der Waals surface area contributed by atoms with Crippen molar-refractivity contribution in [2.24, 2.45) is 0 Å². The van der Waals surface area contributed by atoms with E-state index in [0.29, 0.717) is 18.0 Å². The van der Waals surface area contributed by atoms with Crippen LogP contribution in [0.5, 0.6) is 0 Å². The van der Waals surface area contributed by atoms with E-state index in [1.165, 1.54) is 17.4 Å². The van der Waals surface area contributed by atoms with Crippen molar-refractivity contribution in [1.29, 1.82) is 0 Å². The van der Waals surface area contributed by atoms with Crippen LogP contribution in [0.1, 0.15) is 29.6 Å². The lowest BCUT2D eigenvalue weighted by Gasteiger charge is -2.06. The van der Waals surface area contributed by atoms with Crippen LogP contribution in [-0.4, -0.2) is 23.7 Å². The Hall–Kier alpha value is -2.00. The normalized spacial score (nSPS) is 9.50. The van der Waals surface area contributed by atoms with Gasteiger partial charge in [-0.1, -0.05) is 0 Å². The molecule has 0 saturated carbocycles. The number of unbranched alkanes of at least 4 members (excludes halogenated alkanes) is 2. The molecule has 0 fully saturated rings. The van der Waals surface area contributed by atoms with E-state index in [9.17, 15) is 9.59 Å². The zero-order valence-corrected chi connectivity index (χ0v) is 10.5. The van der Waals surface area contributed by atoms with Crippen molar-refractivity contribution in [3.05, 3.63) is 17.0 Å². The molecule has 18 heavy (non-hydrogen) atoms. The van der Waals surface area contributed by atoms with Gasteiger partial charge < -0.3 is 10.4 Å². The summed E-state index contributed by atoms with van der Waals surface area (Å²) in [4.78, 5) is 22.3. The van der Waals surface area contributed by atoms with Crippen molar-refractivity contribution in [3.8, 4) is 12.3 Å². The lowest BCUT2D eigenvalue weighted by Crippen LogP contribution is -2.29. The molecule has 0 bridgehead atoms. The van der Waals surface area contributed by atoms with Crippen molar-refractivity contribution in [2.45, 2.75) is 19.3 Å². The topological polar surface area (TPSA) is 78.4 Å². The summed E-state index contributed by atoms with van der Waals surface area (Å²) in [5.41, 5.74) is 0.0995. The Morgan fingerprint density at radius 2 is 2.22 bits per heavy atom. The van der Waals surface area contributed by atoms with Crippen molar-refractivity contribution in [3.63, 3.8) is 0 Å². The number of hydrogen-bond donors (Lipinski definition) is 3. The van der Waals surface area contributed by atoms with Gasteiger partial charge in [0.1, 0.15) is 5.00 Å². The Morgan fingerprint density at radius 1 is 1.44 bits per heavy atom. The second-order valence-corrected chi connectivity index (χ2v) is 4.43. The summed E-state index contributed by atoms with van der Waals surface area (Å²) in [6.07, 6.45) is 7.45. The molecule has 0 unspecified atom stereocenters. The van der Waals surface area contributed by atoms with Crippen LogP contribution in [0.2, 0.25) is 0 Å². The smallest absolute Gasteiger partial charge is 0.338 e. The van der Waals surface area contributed by atoms with Gasteiger partial charge >= 0.3 is 12.0 Å². The molecule has 1 rings (SSSR count). The highest BCUT2D eigenvalue weighted by Crippen LogP contribution is 2.22. The number of nitrogens with one attached hydrogen (secondary N) is 2. The van der Waals surface area contributed by atoms with Gasteiger partial charge in [-0.15, -0.1) is 23.7 Å². The molecule has 1 heterocycles. The van der Waals surface area contributed by atoms with Gasteiger partial charge in [0.05, 0.1) is 5.56 Å². The molecule has 2 amide bonds. The van der Waals surface area contributed by atoms with E-state index in [2.05, 4.69) is 16.6 Å². The van der Waals surface area contributed by atoms with Gasteiger partial charge in [-0.05, 0) is 24.3 Å². The highest BCUT2D eigenvalue weighted by atomic mass is 32.1. The van der Waals surface area contributed by atoms with Gasteiger partial charge in [0.15, 0.2) is 0 Å². The van der Waals surface area contributed by atoms with E-state index in [1.807, 2.05) is 0 Å². The van der Waals surface area contributed by atoms with Crippen molar-refractivity contribution in [2.75, 3.05) is 11.9 Å². The highest BCUT2D eigenvalue weighted by molar-refractivity contribution is 7.14. The van der Waals surface area contributed by atoms with Crippen LogP contribution in [0.25, 0.3) is 0 Å². The van der Waals surface area contributed by atoms with Crippen LogP contribution in [0.3, 0.4) is 0 Å². The molecule has 6 heteroatoms. The molecule has 0 atom stereocenters. The summed E-state index contributed by atoms with van der Waals surface area (Å²) in [5, 5.41) is 16.0.